The largest absolute Gasteiger partial charge is 0.457 e. The number of para-hydroxylation sites is 1. The number of nitrogens with zero attached hydrogens (tertiary/aromatic N) is 3. The van der Waals surface area contributed by atoms with Crippen LogP contribution in [0.1, 0.15) is 98.1 Å². The van der Waals surface area contributed by atoms with E-state index in [9.17, 15) is 0 Å². The van der Waals surface area contributed by atoms with E-state index in [1.54, 1.807) is 0 Å². The van der Waals surface area contributed by atoms with Crippen LogP contribution < -0.4 is 4.74 Å². The summed E-state index contributed by atoms with van der Waals surface area (Å²) < 4.78 is 6.84. The smallest absolute Gasteiger partial charge is 0.164 e. The van der Waals surface area contributed by atoms with E-state index in [-0.39, 0.29) is 5.41 Å². The van der Waals surface area contributed by atoms with Gasteiger partial charge in [-0.25, -0.2) is 15.0 Å². The molecule has 0 radical (unpaired) electrons. The molecule has 64 heavy (non-hydrogen) atoms. The van der Waals surface area contributed by atoms with Crippen LogP contribution in [0.4, 0.5) is 0 Å². The van der Waals surface area contributed by atoms with Crippen LogP contribution in [0.5, 0.6) is 11.5 Å². The number of hydrogen-bond donors (Lipinski definition) is 0. The van der Waals surface area contributed by atoms with Crippen molar-refractivity contribution in [2.45, 2.75) is 81.0 Å². The van der Waals surface area contributed by atoms with Crippen molar-refractivity contribution in [2.24, 2.45) is 46.8 Å². The number of hydrogen-bond acceptors (Lipinski definition) is 4. The first-order valence-corrected chi connectivity index (χ1v) is 24.5. The van der Waals surface area contributed by atoms with Crippen LogP contribution in [-0.4, -0.2) is 15.0 Å². The van der Waals surface area contributed by atoms with Crippen LogP contribution in [0, 0.1) is 46.8 Å². The van der Waals surface area contributed by atoms with Gasteiger partial charge in [0.05, 0.1) is 5.41 Å². The van der Waals surface area contributed by atoms with Crippen molar-refractivity contribution in [2.75, 3.05) is 0 Å². The van der Waals surface area contributed by atoms with E-state index in [0.29, 0.717) is 16.7 Å². The highest BCUT2D eigenvalue weighted by atomic mass is 16.5. The molecular weight excluding hydrogens is 779 g/mol. The SMILES string of the molecule is CC1(c2cccc(-c3nc(-c4cccc(C56CC7CC8C[C@@H](C5)C87C6)c4)nc(-c4ccc5c(c4)C4(c6ccccc6O5)c5ccccc5-c5ccccc54)n3)c2)CC2CC3C[C@@H](C1)C32. The third-order valence-corrected chi connectivity index (χ3v) is 19.9. The van der Waals surface area contributed by atoms with E-state index in [1.165, 1.54) is 91.2 Å². The summed E-state index contributed by atoms with van der Waals surface area (Å²) in [6, 6.07) is 51.9. The normalized spacial score (nSPS) is 33.7. The van der Waals surface area contributed by atoms with Crippen LogP contribution in [0.15, 0.2) is 140 Å². The maximum Gasteiger partial charge on any atom is 0.164 e. The molecule has 1 aromatic heterocycles. The second kappa shape index (κ2) is 11.9. The predicted octanol–water partition coefficient (Wildman–Crippen LogP) is 13.7. The Bertz CT molecular complexity index is 3120. The number of benzene rings is 6. The molecule has 0 N–H and O–H groups in total. The van der Waals surface area contributed by atoms with Gasteiger partial charge in [0.25, 0.3) is 0 Å². The molecule has 10 atom stereocenters. The van der Waals surface area contributed by atoms with E-state index in [1.807, 2.05) is 0 Å². The fourth-order valence-electron chi connectivity index (χ4n) is 17.4. The molecular formula is C60H51N3O. The molecule has 8 unspecified atom stereocenters. The van der Waals surface area contributed by atoms with Gasteiger partial charge in [0, 0.05) is 27.8 Å². The van der Waals surface area contributed by atoms with Gasteiger partial charge in [-0.05, 0) is 185 Å². The highest BCUT2D eigenvalue weighted by Gasteiger charge is 2.77. The van der Waals surface area contributed by atoms with Gasteiger partial charge in [-0.1, -0.05) is 110 Å². The first kappa shape index (κ1) is 35.5. The quantitative estimate of drug-likeness (QED) is 0.173. The molecule has 2 bridgehead atoms. The van der Waals surface area contributed by atoms with Crippen LogP contribution >= 0.6 is 0 Å². The van der Waals surface area contributed by atoms with Crippen molar-refractivity contribution in [1.82, 2.24) is 15.0 Å². The molecule has 8 aliphatic carbocycles. The molecule has 7 fully saturated rings. The minimum atomic E-state index is -0.566. The molecule has 4 nitrogen and oxygen atoms in total. The number of rotatable bonds is 5. The Morgan fingerprint density at radius 2 is 1.03 bits per heavy atom. The maximum atomic E-state index is 6.84. The van der Waals surface area contributed by atoms with Crippen molar-refractivity contribution < 1.29 is 4.74 Å². The zero-order valence-electron chi connectivity index (χ0n) is 36.4. The highest BCUT2D eigenvalue weighted by molar-refractivity contribution is 5.89. The van der Waals surface area contributed by atoms with Gasteiger partial charge in [0.15, 0.2) is 17.5 Å². The van der Waals surface area contributed by atoms with Gasteiger partial charge in [-0.2, -0.15) is 0 Å². The van der Waals surface area contributed by atoms with Crippen molar-refractivity contribution in [3.63, 3.8) is 0 Å². The monoisotopic (exact) mass is 829 g/mol. The highest BCUT2D eigenvalue weighted by Crippen LogP contribution is 2.84. The second-order valence-electron chi connectivity index (χ2n) is 22.5. The molecule has 0 saturated heterocycles. The Kier molecular flexibility index (Phi) is 6.58. The molecule has 6 aromatic carbocycles. The summed E-state index contributed by atoms with van der Waals surface area (Å²) in [5, 5.41) is 0. The van der Waals surface area contributed by atoms with Gasteiger partial charge >= 0.3 is 0 Å². The summed E-state index contributed by atoms with van der Waals surface area (Å²) in [6.45, 7) is 2.54. The topological polar surface area (TPSA) is 47.9 Å². The number of ether oxygens (including phenoxy) is 1. The summed E-state index contributed by atoms with van der Waals surface area (Å²) in [6.07, 6.45) is 12.5. The van der Waals surface area contributed by atoms with Crippen LogP contribution in [0.2, 0.25) is 0 Å². The number of aromatic nitrogens is 3. The molecule has 7 aromatic rings. The zero-order valence-corrected chi connectivity index (χ0v) is 36.4. The molecule has 2 heterocycles. The molecule has 16 rings (SSSR count). The van der Waals surface area contributed by atoms with Gasteiger partial charge in [0.2, 0.25) is 0 Å². The van der Waals surface area contributed by atoms with Crippen molar-refractivity contribution in [1.29, 1.82) is 0 Å². The van der Waals surface area contributed by atoms with Crippen LogP contribution in [0.25, 0.3) is 45.3 Å². The Morgan fingerprint density at radius 3 is 1.66 bits per heavy atom. The van der Waals surface area contributed by atoms with Gasteiger partial charge in [0.1, 0.15) is 11.5 Å². The average Bonchev–Trinajstić information content (AvgIpc) is 3.92. The molecule has 2 spiro atoms. The fourth-order valence-corrected chi connectivity index (χ4v) is 17.4. The Labute approximate surface area is 375 Å². The Morgan fingerprint density at radius 1 is 0.469 bits per heavy atom. The summed E-state index contributed by atoms with van der Waals surface area (Å²) in [4.78, 5) is 16.4. The molecule has 7 saturated carbocycles. The first-order valence-electron chi connectivity index (χ1n) is 24.5. The number of fused-ring (bicyclic) bond motifs is 10. The third kappa shape index (κ3) is 4.26. The molecule has 312 valence electrons. The zero-order chi connectivity index (χ0) is 41.7. The lowest BCUT2D eigenvalue weighted by molar-refractivity contribution is -0.175. The summed E-state index contributed by atoms with van der Waals surface area (Å²) in [5.41, 5.74) is 14.1. The standard InChI is InChI=1S/C60H51N3O/c1-57(29-38-22-37-23-39(30-57)53(37)38)40-12-8-10-34(24-40)54-61-55(35-11-9-13-41(25-35)58-31-43-27-42-28-44(32-58)59(42,43)33-58)63-56(62-54)36-20-21-52-50(26-36)60(49-18-6-7-19-51(49)64-52)47-16-4-2-14-45(47)46-15-3-5-17-48(46)60/h2-21,24-26,37-39,42-44,53H,22-23,27-33H2,1H3/t37?,38-,39?,42?,43-,44?,53?,57?,58?,59?/m0/s1. The van der Waals surface area contributed by atoms with Gasteiger partial charge in [-0.3, -0.25) is 0 Å². The van der Waals surface area contributed by atoms with E-state index in [4.69, 9.17) is 19.7 Å². The Hall–Kier alpha value is -5.87. The van der Waals surface area contributed by atoms with Gasteiger partial charge in [-0.15, -0.1) is 0 Å². The average molecular weight is 830 g/mol. The van der Waals surface area contributed by atoms with E-state index >= 15 is 0 Å². The lowest BCUT2D eigenvalue weighted by Gasteiger charge is -2.66. The lowest BCUT2D eigenvalue weighted by atomic mass is 9.38. The van der Waals surface area contributed by atoms with Crippen molar-refractivity contribution in [3.8, 4) is 56.8 Å². The lowest BCUT2D eigenvalue weighted by Crippen LogP contribution is -2.59. The molecule has 1 aliphatic heterocycles. The predicted molar refractivity (Wildman–Crippen MR) is 251 cm³/mol. The molecule has 0 amide bonds. The van der Waals surface area contributed by atoms with Gasteiger partial charge < -0.3 is 4.74 Å². The van der Waals surface area contributed by atoms with Crippen molar-refractivity contribution >= 4 is 0 Å². The van der Waals surface area contributed by atoms with Crippen molar-refractivity contribution in [3.05, 3.63) is 173 Å². The molecule has 9 aliphatic rings. The molecule has 4 heteroatoms. The summed E-state index contributed by atoms with van der Waals surface area (Å²) >= 11 is 0. The van der Waals surface area contributed by atoms with Crippen LogP contribution in [0.3, 0.4) is 0 Å². The third-order valence-electron chi connectivity index (χ3n) is 19.9. The maximum absolute atomic E-state index is 6.84. The van der Waals surface area contributed by atoms with Crippen LogP contribution in [-0.2, 0) is 16.2 Å². The van der Waals surface area contributed by atoms with E-state index in [2.05, 4.69) is 146 Å². The fraction of sp³-hybridized carbons (Fsp3) is 0.350. The summed E-state index contributed by atoms with van der Waals surface area (Å²) in [5.74, 6) is 10.7. The van der Waals surface area contributed by atoms with E-state index < -0.39 is 5.41 Å². The minimum absolute atomic E-state index is 0.177. The van der Waals surface area contributed by atoms with E-state index in [0.717, 1.165) is 92.4 Å². The first-order chi connectivity index (χ1) is 31.4. The summed E-state index contributed by atoms with van der Waals surface area (Å²) in [7, 11) is 0. The second-order valence-corrected chi connectivity index (χ2v) is 22.5. The Balaban J connectivity index is 0.874. The minimum Gasteiger partial charge on any atom is -0.457 e.